The lowest BCUT2D eigenvalue weighted by molar-refractivity contribution is 0.217. The molecule has 0 aromatic rings. The zero-order valence-electron chi connectivity index (χ0n) is 9.84. The third kappa shape index (κ3) is 5.02. The molecule has 2 amide bonds. The first-order valence-corrected chi connectivity index (χ1v) is 5.62. The summed E-state index contributed by atoms with van der Waals surface area (Å²) in [6.45, 7) is 5.98. The van der Waals surface area contributed by atoms with Gasteiger partial charge in [-0.1, -0.05) is 0 Å². The smallest absolute Gasteiger partial charge is 0.315 e. The van der Waals surface area contributed by atoms with Crippen molar-refractivity contribution >= 4 is 6.03 Å². The SMILES string of the molecule is CC(C)(C)NC(=O)NC(CCO)C1CC1. The van der Waals surface area contributed by atoms with Gasteiger partial charge in [-0.3, -0.25) is 0 Å². The Bertz CT molecular complexity index is 219. The maximum atomic E-state index is 11.6. The minimum atomic E-state index is -0.211. The largest absolute Gasteiger partial charge is 0.396 e. The number of aliphatic hydroxyl groups excluding tert-OH is 1. The van der Waals surface area contributed by atoms with E-state index in [-0.39, 0.29) is 24.2 Å². The topological polar surface area (TPSA) is 61.4 Å². The first kappa shape index (κ1) is 12.3. The Kier molecular flexibility index (Phi) is 3.97. The van der Waals surface area contributed by atoms with E-state index in [0.717, 1.165) is 0 Å². The molecular weight excluding hydrogens is 192 g/mol. The van der Waals surface area contributed by atoms with Crippen molar-refractivity contribution in [3.8, 4) is 0 Å². The fourth-order valence-corrected chi connectivity index (χ4v) is 1.61. The van der Waals surface area contributed by atoms with Gasteiger partial charge in [0.2, 0.25) is 0 Å². The molecule has 4 heteroatoms. The van der Waals surface area contributed by atoms with Gasteiger partial charge < -0.3 is 15.7 Å². The van der Waals surface area contributed by atoms with Crippen molar-refractivity contribution in [2.24, 2.45) is 5.92 Å². The number of aliphatic hydroxyl groups is 1. The van der Waals surface area contributed by atoms with Gasteiger partial charge in [0.15, 0.2) is 0 Å². The summed E-state index contributed by atoms with van der Waals surface area (Å²) < 4.78 is 0. The van der Waals surface area contributed by atoms with Crippen LogP contribution in [0.1, 0.15) is 40.0 Å². The van der Waals surface area contributed by atoms with Crippen molar-refractivity contribution in [3.63, 3.8) is 0 Å². The van der Waals surface area contributed by atoms with Gasteiger partial charge in [0.1, 0.15) is 0 Å². The molecule has 4 nitrogen and oxygen atoms in total. The summed E-state index contributed by atoms with van der Waals surface area (Å²) in [7, 11) is 0. The Morgan fingerprint density at radius 3 is 2.47 bits per heavy atom. The Balaban J connectivity index is 2.33. The van der Waals surface area contributed by atoms with Crippen LogP contribution in [0.4, 0.5) is 4.79 Å². The predicted molar refractivity (Wildman–Crippen MR) is 59.6 cm³/mol. The molecule has 0 spiro atoms. The molecule has 15 heavy (non-hydrogen) atoms. The quantitative estimate of drug-likeness (QED) is 0.659. The molecule has 1 aliphatic rings. The normalized spacial score (nSPS) is 18.4. The Hall–Kier alpha value is -0.770. The summed E-state index contributed by atoms with van der Waals surface area (Å²) in [6, 6.07) is 0.00481. The van der Waals surface area contributed by atoms with Crippen LogP contribution in [0.15, 0.2) is 0 Å². The zero-order valence-corrected chi connectivity index (χ0v) is 9.84. The molecule has 0 aromatic heterocycles. The fourth-order valence-electron chi connectivity index (χ4n) is 1.61. The molecule has 1 saturated carbocycles. The van der Waals surface area contributed by atoms with Gasteiger partial charge in [-0.15, -0.1) is 0 Å². The summed E-state index contributed by atoms with van der Waals surface area (Å²) in [5.74, 6) is 0.572. The summed E-state index contributed by atoms with van der Waals surface area (Å²) in [5.41, 5.74) is -0.211. The Morgan fingerprint density at radius 1 is 1.47 bits per heavy atom. The van der Waals surface area contributed by atoms with Crippen LogP contribution in [0.25, 0.3) is 0 Å². The minimum Gasteiger partial charge on any atom is -0.396 e. The van der Waals surface area contributed by atoms with Crippen LogP contribution in [-0.2, 0) is 0 Å². The molecule has 1 atom stereocenters. The zero-order chi connectivity index (χ0) is 11.5. The molecule has 1 rings (SSSR count). The molecule has 1 aliphatic carbocycles. The highest BCUT2D eigenvalue weighted by Crippen LogP contribution is 2.33. The highest BCUT2D eigenvalue weighted by molar-refractivity contribution is 5.75. The monoisotopic (exact) mass is 214 g/mol. The number of hydrogen-bond acceptors (Lipinski definition) is 2. The van der Waals surface area contributed by atoms with Gasteiger partial charge >= 0.3 is 6.03 Å². The molecule has 0 bridgehead atoms. The molecule has 3 N–H and O–H groups in total. The molecule has 0 saturated heterocycles. The average Bonchev–Trinajstić information content (AvgIpc) is 2.81. The lowest BCUT2D eigenvalue weighted by atomic mass is 10.1. The molecular formula is C11H22N2O2. The second-order valence-corrected chi connectivity index (χ2v) is 5.30. The van der Waals surface area contributed by atoms with Crippen LogP contribution in [0.3, 0.4) is 0 Å². The number of urea groups is 1. The Morgan fingerprint density at radius 2 is 2.07 bits per heavy atom. The predicted octanol–water partition coefficient (Wildman–Crippen LogP) is 1.25. The van der Waals surface area contributed by atoms with Crippen LogP contribution in [0.2, 0.25) is 0 Å². The number of nitrogens with one attached hydrogen (secondary N) is 2. The van der Waals surface area contributed by atoms with Crippen LogP contribution in [-0.4, -0.2) is 29.3 Å². The summed E-state index contributed by atoms with van der Waals surface area (Å²) in [6.07, 6.45) is 2.99. The lowest BCUT2D eigenvalue weighted by Crippen LogP contribution is -2.50. The lowest BCUT2D eigenvalue weighted by Gasteiger charge is -2.24. The van der Waals surface area contributed by atoms with E-state index in [9.17, 15) is 4.79 Å². The van der Waals surface area contributed by atoms with Crippen molar-refractivity contribution in [1.82, 2.24) is 10.6 Å². The van der Waals surface area contributed by atoms with Crippen LogP contribution < -0.4 is 10.6 Å². The number of carbonyl (C=O) groups is 1. The van der Waals surface area contributed by atoms with E-state index in [4.69, 9.17) is 5.11 Å². The van der Waals surface area contributed by atoms with Crippen LogP contribution in [0, 0.1) is 5.92 Å². The summed E-state index contributed by atoms with van der Waals surface area (Å²) >= 11 is 0. The standard InChI is InChI=1S/C11H22N2O2/c1-11(2,3)13-10(15)12-9(6-7-14)8-4-5-8/h8-9,14H,4-7H2,1-3H3,(H2,12,13,15). The highest BCUT2D eigenvalue weighted by atomic mass is 16.3. The van der Waals surface area contributed by atoms with Crippen LogP contribution >= 0.6 is 0 Å². The van der Waals surface area contributed by atoms with E-state index in [0.29, 0.717) is 12.3 Å². The minimum absolute atomic E-state index is 0.132. The van der Waals surface area contributed by atoms with E-state index in [1.807, 2.05) is 20.8 Å². The number of carbonyl (C=O) groups excluding carboxylic acids is 1. The first-order valence-electron chi connectivity index (χ1n) is 5.62. The van der Waals surface area contributed by atoms with E-state index in [1.54, 1.807) is 0 Å². The van der Waals surface area contributed by atoms with Crippen molar-refractivity contribution in [2.45, 2.75) is 51.6 Å². The first-order chi connectivity index (χ1) is 6.92. The van der Waals surface area contributed by atoms with E-state index in [2.05, 4.69) is 10.6 Å². The molecule has 1 fully saturated rings. The van der Waals surface area contributed by atoms with E-state index >= 15 is 0 Å². The van der Waals surface area contributed by atoms with Gasteiger partial charge in [0, 0.05) is 18.2 Å². The molecule has 1 unspecified atom stereocenters. The number of rotatable bonds is 4. The molecule has 0 heterocycles. The van der Waals surface area contributed by atoms with Gasteiger partial charge in [-0.2, -0.15) is 0 Å². The molecule has 0 aliphatic heterocycles. The summed E-state index contributed by atoms with van der Waals surface area (Å²) in [5, 5.41) is 14.7. The second kappa shape index (κ2) is 4.84. The van der Waals surface area contributed by atoms with Crippen LogP contribution in [0.5, 0.6) is 0 Å². The maximum Gasteiger partial charge on any atom is 0.315 e. The number of amides is 2. The molecule has 0 radical (unpaired) electrons. The van der Waals surface area contributed by atoms with E-state index in [1.165, 1.54) is 12.8 Å². The van der Waals surface area contributed by atoms with Crippen molar-refractivity contribution in [1.29, 1.82) is 0 Å². The summed E-state index contributed by atoms with van der Waals surface area (Å²) in [4.78, 5) is 11.6. The number of hydrogen-bond donors (Lipinski definition) is 3. The molecule has 88 valence electrons. The third-order valence-electron chi connectivity index (χ3n) is 2.44. The fraction of sp³-hybridized carbons (Fsp3) is 0.909. The molecule has 0 aromatic carbocycles. The van der Waals surface area contributed by atoms with Crippen molar-refractivity contribution in [3.05, 3.63) is 0 Å². The van der Waals surface area contributed by atoms with Gasteiger partial charge in [-0.05, 0) is 46.0 Å². The Labute approximate surface area is 91.4 Å². The van der Waals surface area contributed by atoms with Gasteiger partial charge in [0.25, 0.3) is 0 Å². The average molecular weight is 214 g/mol. The maximum absolute atomic E-state index is 11.6. The highest BCUT2D eigenvalue weighted by Gasteiger charge is 2.32. The van der Waals surface area contributed by atoms with Crippen molar-refractivity contribution < 1.29 is 9.90 Å². The van der Waals surface area contributed by atoms with Crippen molar-refractivity contribution in [2.75, 3.05) is 6.61 Å². The van der Waals surface area contributed by atoms with Gasteiger partial charge in [-0.25, -0.2) is 4.79 Å². The third-order valence-corrected chi connectivity index (χ3v) is 2.44. The van der Waals surface area contributed by atoms with Gasteiger partial charge in [0.05, 0.1) is 0 Å². The van der Waals surface area contributed by atoms with E-state index < -0.39 is 0 Å². The second-order valence-electron chi connectivity index (χ2n) is 5.30.